The van der Waals surface area contributed by atoms with Crippen LogP contribution in [0.1, 0.15) is 24.5 Å². The zero-order valence-electron chi connectivity index (χ0n) is 9.74. The van der Waals surface area contributed by atoms with E-state index in [2.05, 4.69) is 15.9 Å². The van der Waals surface area contributed by atoms with E-state index in [-0.39, 0.29) is 6.10 Å². The van der Waals surface area contributed by atoms with Gasteiger partial charge in [-0.1, -0.05) is 15.9 Å². The maximum atomic E-state index is 5.61. The van der Waals surface area contributed by atoms with Gasteiger partial charge in [-0.25, -0.2) is 0 Å². The summed E-state index contributed by atoms with van der Waals surface area (Å²) in [5, 5.41) is 0. The Labute approximate surface area is 109 Å². The summed E-state index contributed by atoms with van der Waals surface area (Å²) in [5.74, 6) is 2.30. The summed E-state index contributed by atoms with van der Waals surface area (Å²) in [4.78, 5) is 0. The molecule has 1 unspecified atom stereocenters. The molecule has 3 nitrogen and oxygen atoms in total. The molecule has 17 heavy (non-hydrogen) atoms. The summed E-state index contributed by atoms with van der Waals surface area (Å²) in [6, 6.07) is 4.03. The standard InChI is InChI=1S/C13H15BrO3/c1-15-13(8-2-3-8)9-6-11-12(7-10(9)14)17-5-4-16-11/h6-8,13H,2-5H2,1H3. The van der Waals surface area contributed by atoms with Gasteiger partial charge >= 0.3 is 0 Å². The largest absolute Gasteiger partial charge is 0.486 e. The highest BCUT2D eigenvalue weighted by molar-refractivity contribution is 9.10. The van der Waals surface area contributed by atoms with Crippen molar-refractivity contribution < 1.29 is 14.2 Å². The Bertz CT molecular complexity index is 429. The van der Waals surface area contributed by atoms with Crippen molar-refractivity contribution in [2.75, 3.05) is 20.3 Å². The quantitative estimate of drug-likeness (QED) is 0.857. The topological polar surface area (TPSA) is 27.7 Å². The molecule has 0 saturated heterocycles. The minimum Gasteiger partial charge on any atom is -0.486 e. The monoisotopic (exact) mass is 298 g/mol. The maximum Gasteiger partial charge on any atom is 0.162 e. The molecule has 0 radical (unpaired) electrons. The lowest BCUT2D eigenvalue weighted by atomic mass is 10.0. The average Bonchev–Trinajstić information content (AvgIpc) is 3.15. The first-order chi connectivity index (χ1) is 8.29. The third-order valence-electron chi connectivity index (χ3n) is 3.27. The Morgan fingerprint density at radius 1 is 1.24 bits per heavy atom. The van der Waals surface area contributed by atoms with Gasteiger partial charge in [0.2, 0.25) is 0 Å². The number of hydrogen-bond donors (Lipinski definition) is 0. The van der Waals surface area contributed by atoms with E-state index in [1.807, 2.05) is 12.1 Å². The molecule has 4 heteroatoms. The highest BCUT2D eigenvalue weighted by Gasteiger charge is 2.34. The Balaban J connectivity index is 1.97. The lowest BCUT2D eigenvalue weighted by molar-refractivity contribution is 0.0832. The maximum absolute atomic E-state index is 5.61. The van der Waals surface area contributed by atoms with Crippen molar-refractivity contribution >= 4 is 15.9 Å². The Hall–Kier alpha value is -0.740. The summed E-state index contributed by atoms with van der Waals surface area (Å²) in [5.41, 5.74) is 1.17. The van der Waals surface area contributed by atoms with Gasteiger partial charge in [0.15, 0.2) is 11.5 Å². The summed E-state index contributed by atoms with van der Waals surface area (Å²) in [7, 11) is 1.77. The molecule has 1 aliphatic carbocycles. The van der Waals surface area contributed by atoms with Crippen LogP contribution in [-0.2, 0) is 4.74 Å². The van der Waals surface area contributed by atoms with E-state index in [1.54, 1.807) is 7.11 Å². The Morgan fingerprint density at radius 2 is 1.88 bits per heavy atom. The van der Waals surface area contributed by atoms with E-state index in [0.29, 0.717) is 19.1 Å². The molecule has 3 rings (SSSR count). The molecule has 1 aromatic rings. The molecule has 0 bridgehead atoms. The van der Waals surface area contributed by atoms with Crippen LogP contribution in [0.5, 0.6) is 11.5 Å². The summed E-state index contributed by atoms with van der Waals surface area (Å²) in [6.07, 6.45) is 2.67. The molecule has 92 valence electrons. The van der Waals surface area contributed by atoms with E-state index in [0.717, 1.165) is 16.0 Å². The van der Waals surface area contributed by atoms with Gasteiger partial charge in [-0.05, 0) is 36.5 Å². The van der Waals surface area contributed by atoms with Crippen LogP contribution >= 0.6 is 15.9 Å². The average molecular weight is 299 g/mol. The number of methoxy groups -OCH3 is 1. The number of hydrogen-bond acceptors (Lipinski definition) is 3. The third kappa shape index (κ3) is 2.16. The van der Waals surface area contributed by atoms with Gasteiger partial charge in [0, 0.05) is 11.6 Å². The molecule has 0 N–H and O–H groups in total. The zero-order valence-corrected chi connectivity index (χ0v) is 11.3. The normalized spacial score (nSPS) is 20.1. The lowest BCUT2D eigenvalue weighted by Crippen LogP contribution is -2.16. The first-order valence-electron chi connectivity index (χ1n) is 5.91. The van der Waals surface area contributed by atoms with Gasteiger partial charge in [0.25, 0.3) is 0 Å². The molecular formula is C13H15BrO3. The van der Waals surface area contributed by atoms with Gasteiger partial charge in [-0.15, -0.1) is 0 Å². The fraction of sp³-hybridized carbons (Fsp3) is 0.538. The van der Waals surface area contributed by atoms with E-state index >= 15 is 0 Å². The minimum atomic E-state index is 0.167. The Kier molecular flexibility index (Phi) is 3.01. The summed E-state index contributed by atoms with van der Waals surface area (Å²) in [6.45, 7) is 1.24. The van der Waals surface area contributed by atoms with Gasteiger partial charge < -0.3 is 14.2 Å². The van der Waals surface area contributed by atoms with Crippen molar-refractivity contribution in [3.05, 3.63) is 22.2 Å². The fourth-order valence-corrected chi connectivity index (χ4v) is 2.82. The predicted molar refractivity (Wildman–Crippen MR) is 67.6 cm³/mol. The molecule has 0 spiro atoms. The van der Waals surface area contributed by atoms with Gasteiger partial charge in [-0.2, -0.15) is 0 Å². The summed E-state index contributed by atoms with van der Waals surface area (Å²) >= 11 is 3.60. The second-order valence-electron chi connectivity index (χ2n) is 4.51. The van der Waals surface area contributed by atoms with Gasteiger partial charge in [-0.3, -0.25) is 0 Å². The molecule has 1 aliphatic heterocycles. The molecule has 1 atom stereocenters. The van der Waals surface area contributed by atoms with E-state index < -0.39 is 0 Å². The smallest absolute Gasteiger partial charge is 0.162 e. The zero-order chi connectivity index (χ0) is 11.8. The molecule has 1 fully saturated rings. The first kappa shape index (κ1) is 11.4. The number of halogens is 1. The van der Waals surface area contributed by atoms with Crippen LogP contribution < -0.4 is 9.47 Å². The van der Waals surface area contributed by atoms with Crippen molar-refractivity contribution in [3.8, 4) is 11.5 Å². The van der Waals surface area contributed by atoms with Crippen molar-refractivity contribution in [2.45, 2.75) is 18.9 Å². The minimum absolute atomic E-state index is 0.167. The van der Waals surface area contributed by atoms with Crippen LogP contribution in [0.4, 0.5) is 0 Å². The SMILES string of the molecule is COC(c1cc2c(cc1Br)OCCO2)C1CC1. The second-order valence-corrected chi connectivity index (χ2v) is 5.37. The molecule has 0 aromatic heterocycles. The van der Waals surface area contributed by atoms with Gasteiger partial charge in [0.1, 0.15) is 13.2 Å². The first-order valence-corrected chi connectivity index (χ1v) is 6.70. The molecule has 0 amide bonds. The van der Waals surface area contributed by atoms with Crippen LogP contribution in [0.25, 0.3) is 0 Å². The predicted octanol–water partition coefficient (Wildman–Crippen LogP) is 3.32. The molecule has 1 saturated carbocycles. The fourth-order valence-electron chi connectivity index (χ4n) is 2.27. The molecule has 1 heterocycles. The molecule has 2 aliphatic rings. The van der Waals surface area contributed by atoms with E-state index in [9.17, 15) is 0 Å². The van der Waals surface area contributed by atoms with Crippen molar-refractivity contribution in [3.63, 3.8) is 0 Å². The highest BCUT2D eigenvalue weighted by atomic mass is 79.9. The number of benzene rings is 1. The highest BCUT2D eigenvalue weighted by Crippen LogP contribution is 2.47. The van der Waals surface area contributed by atoms with Crippen LogP contribution in [0.3, 0.4) is 0 Å². The third-order valence-corrected chi connectivity index (χ3v) is 3.96. The summed E-state index contributed by atoms with van der Waals surface area (Å²) < 4.78 is 17.8. The van der Waals surface area contributed by atoms with E-state index in [4.69, 9.17) is 14.2 Å². The van der Waals surface area contributed by atoms with Crippen LogP contribution in [-0.4, -0.2) is 20.3 Å². The Morgan fingerprint density at radius 3 is 2.47 bits per heavy atom. The molecular weight excluding hydrogens is 284 g/mol. The number of fused-ring (bicyclic) bond motifs is 1. The van der Waals surface area contributed by atoms with Crippen LogP contribution in [0.2, 0.25) is 0 Å². The van der Waals surface area contributed by atoms with E-state index in [1.165, 1.54) is 18.4 Å². The van der Waals surface area contributed by atoms with Crippen LogP contribution in [0.15, 0.2) is 16.6 Å². The van der Waals surface area contributed by atoms with Crippen molar-refractivity contribution in [1.82, 2.24) is 0 Å². The molecule has 1 aromatic carbocycles. The number of rotatable bonds is 3. The van der Waals surface area contributed by atoms with Crippen LogP contribution in [0, 0.1) is 5.92 Å². The lowest BCUT2D eigenvalue weighted by Gasteiger charge is -2.23. The number of ether oxygens (including phenoxy) is 3. The van der Waals surface area contributed by atoms with Gasteiger partial charge in [0.05, 0.1) is 6.10 Å². The van der Waals surface area contributed by atoms with Crippen molar-refractivity contribution in [2.24, 2.45) is 5.92 Å². The van der Waals surface area contributed by atoms with Crippen molar-refractivity contribution in [1.29, 1.82) is 0 Å². The second kappa shape index (κ2) is 4.50.